The van der Waals surface area contributed by atoms with Gasteiger partial charge in [0.05, 0.1) is 12.9 Å². The number of carbonyl (C=O) groups excluding carboxylic acids is 1. The lowest BCUT2D eigenvalue weighted by atomic mass is 10.2. The van der Waals surface area contributed by atoms with Gasteiger partial charge in [0.2, 0.25) is 11.0 Å². The van der Waals surface area contributed by atoms with Crippen LogP contribution in [0.4, 0.5) is 5.13 Å². The lowest BCUT2D eigenvalue weighted by Gasteiger charge is -2.07. The zero-order chi connectivity index (χ0) is 22.5. The molecule has 2 heterocycles. The number of hydrogen-bond donors (Lipinski definition) is 1. The molecule has 0 unspecified atom stereocenters. The van der Waals surface area contributed by atoms with Crippen LogP contribution in [0.15, 0.2) is 53.7 Å². The van der Waals surface area contributed by atoms with Gasteiger partial charge in [-0.25, -0.2) is 0 Å². The first kappa shape index (κ1) is 22.3. The van der Waals surface area contributed by atoms with Crippen LogP contribution in [0.3, 0.4) is 0 Å². The molecule has 0 aliphatic carbocycles. The summed E-state index contributed by atoms with van der Waals surface area (Å²) in [5.41, 5.74) is 1.82. The van der Waals surface area contributed by atoms with Crippen LogP contribution in [0.25, 0.3) is 22.0 Å². The van der Waals surface area contributed by atoms with Crippen LogP contribution < -0.4 is 10.1 Å². The first-order valence-corrected chi connectivity index (χ1v) is 11.8. The molecular formula is C21H19ClN6O2S2. The SMILES string of the molecule is CCn1c(SCC(=O)Nc2nnc(-c3ccc(OC)cc3)s2)nnc1-c1ccc(Cl)cc1. The van der Waals surface area contributed by atoms with E-state index in [-0.39, 0.29) is 11.7 Å². The Morgan fingerprint density at radius 3 is 2.47 bits per heavy atom. The highest BCUT2D eigenvalue weighted by atomic mass is 35.5. The molecular weight excluding hydrogens is 468 g/mol. The molecule has 164 valence electrons. The molecule has 2 aromatic carbocycles. The lowest BCUT2D eigenvalue weighted by molar-refractivity contribution is -0.113. The van der Waals surface area contributed by atoms with Crippen molar-refractivity contribution in [2.24, 2.45) is 0 Å². The Hall–Kier alpha value is -2.95. The van der Waals surface area contributed by atoms with E-state index in [0.717, 1.165) is 22.7 Å². The molecule has 1 amide bonds. The summed E-state index contributed by atoms with van der Waals surface area (Å²) >= 11 is 8.60. The molecule has 4 rings (SSSR count). The summed E-state index contributed by atoms with van der Waals surface area (Å²) in [5, 5.41) is 22.0. The van der Waals surface area contributed by atoms with Gasteiger partial charge in [0.25, 0.3) is 0 Å². The monoisotopic (exact) mass is 486 g/mol. The number of amides is 1. The average molecular weight is 487 g/mol. The number of benzene rings is 2. The van der Waals surface area contributed by atoms with E-state index in [1.165, 1.54) is 23.1 Å². The van der Waals surface area contributed by atoms with Gasteiger partial charge in [-0.05, 0) is 55.5 Å². The van der Waals surface area contributed by atoms with Gasteiger partial charge in [-0.2, -0.15) is 0 Å². The first-order chi connectivity index (χ1) is 15.6. The fourth-order valence-electron chi connectivity index (χ4n) is 2.90. The minimum absolute atomic E-state index is 0.177. The van der Waals surface area contributed by atoms with Crippen molar-refractivity contribution in [2.75, 3.05) is 18.2 Å². The van der Waals surface area contributed by atoms with Crippen molar-refractivity contribution in [1.29, 1.82) is 0 Å². The average Bonchev–Trinajstić information content (AvgIpc) is 3.45. The highest BCUT2D eigenvalue weighted by Crippen LogP contribution is 2.28. The minimum atomic E-state index is -0.189. The maximum absolute atomic E-state index is 12.4. The number of methoxy groups -OCH3 is 1. The van der Waals surface area contributed by atoms with Gasteiger partial charge in [0.1, 0.15) is 10.8 Å². The number of carbonyl (C=O) groups is 1. The Labute approximate surface area is 198 Å². The van der Waals surface area contributed by atoms with Gasteiger partial charge in [0, 0.05) is 22.7 Å². The second-order valence-corrected chi connectivity index (χ2v) is 8.89. The van der Waals surface area contributed by atoms with Gasteiger partial charge in [0.15, 0.2) is 11.0 Å². The van der Waals surface area contributed by atoms with Gasteiger partial charge < -0.3 is 9.30 Å². The molecule has 0 radical (unpaired) electrons. The Morgan fingerprint density at radius 1 is 1.06 bits per heavy atom. The third kappa shape index (κ3) is 5.09. The normalized spacial score (nSPS) is 10.8. The molecule has 0 saturated carbocycles. The number of rotatable bonds is 8. The maximum atomic E-state index is 12.4. The van der Waals surface area contributed by atoms with Crippen molar-refractivity contribution < 1.29 is 9.53 Å². The lowest BCUT2D eigenvalue weighted by Crippen LogP contribution is -2.14. The predicted molar refractivity (Wildman–Crippen MR) is 127 cm³/mol. The van der Waals surface area contributed by atoms with Crippen LogP contribution in [0.2, 0.25) is 5.02 Å². The number of anilines is 1. The number of thioether (sulfide) groups is 1. The first-order valence-electron chi connectivity index (χ1n) is 9.67. The van der Waals surface area contributed by atoms with Crippen molar-refractivity contribution >= 4 is 45.7 Å². The fraction of sp³-hybridized carbons (Fsp3) is 0.190. The van der Waals surface area contributed by atoms with Crippen LogP contribution in [-0.2, 0) is 11.3 Å². The Balaban J connectivity index is 1.38. The molecule has 0 spiro atoms. The van der Waals surface area contributed by atoms with Crippen molar-refractivity contribution in [2.45, 2.75) is 18.6 Å². The van der Waals surface area contributed by atoms with Crippen LogP contribution in [0, 0.1) is 0 Å². The molecule has 1 N–H and O–H groups in total. The Morgan fingerprint density at radius 2 is 1.78 bits per heavy atom. The fourth-order valence-corrected chi connectivity index (χ4v) is 4.60. The molecule has 0 aliphatic rings. The summed E-state index contributed by atoms with van der Waals surface area (Å²) in [6, 6.07) is 14.9. The van der Waals surface area contributed by atoms with E-state index in [2.05, 4.69) is 25.7 Å². The van der Waals surface area contributed by atoms with Crippen molar-refractivity contribution in [3.63, 3.8) is 0 Å². The third-order valence-electron chi connectivity index (χ3n) is 4.48. The van der Waals surface area contributed by atoms with Gasteiger partial charge in [-0.3, -0.25) is 10.1 Å². The Bertz CT molecular complexity index is 1210. The predicted octanol–water partition coefficient (Wildman–Crippen LogP) is 4.88. The van der Waals surface area contributed by atoms with E-state index in [4.69, 9.17) is 16.3 Å². The molecule has 32 heavy (non-hydrogen) atoms. The Kier molecular flexibility index (Phi) is 7.03. The number of halogens is 1. The summed E-state index contributed by atoms with van der Waals surface area (Å²) in [5.74, 6) is 1.49. The number of aromatic nitrogens is 5. The topological polar surface area (TPSA) is 94.8 Å². The minimum Gasteiger partial charge on any atom is -0.497 e. The highest BCUT2D eigenvalue weighted by molar-refractivity contribution is 7.99. The molecule has 0 saturated heterocycles. The van der Waals surface area contributed by atoms with Crippen molar-refractivity contribution in [3.05, 3.63) is 53.6 Å². The summed E-state index contributed by atoms with van der Waals surface area (Å²) in [7, 11) is 1.62. The van der Waals surface area contributed by atoms with Crippen LogP contribution in [0.1, 0.15) is 6.92 Å². The zero-order valence-electron chi connectivity index (χ0n) is 17.3. The zero-order valence-corrected chi connectivity index (χ0v) is 19.7. The van der Waals surface area contributed by atoms with Crippen molar-refractivity contribution in [1.82, 2.24) is 25.0 Å². The highest BCUT2D eigenvalue weighted by Gasteiger charge is 2.16. The quantitative estimate of drug-likeness (QED) is 0.355. The smallest absolute Gasteiger partial charge is 0.236 e. The number of ether oxygens (including phenoxy) is 1. The summed E-state index contributed by atoms with van der Waals surface area (Å²) < 4.78 is 7.13. The largest absolute Gasteiger partial charge is 0.497 e. The van der Waals surface area contributed by atoms with Crippen LogP contribution in [-0.4, -0.2) is 43.7 Å². The van der Waals surface area contributed by atoms with Gasteiger partial charge >= 0.3 is 0 Å². The molecule has 4 aromatic rings. The summed E-state index contributed by atoms with van der Waals surface area (Å²) in [4.78, 5) is 12.4. The van der Waals surface area contributed by atoms with E-state index >= 15 is 0 Å². The van der Waals surface area contributed by atoms with E-state index in [9.17, 15) is 4.79 Å². The van der Waals surface area contributed by atoms with Crippen molar-refractivity contribution in [3.8, 4) is 27.7 Å². The molecule has 0 fully saturated rings. The second-order valence-electron chi connectivity index (χ2n) is 6.54. The van der Waals surface area contributed by atoms with E-state index in [1.54, 1.807) is 7.11 Å². The third-order valence-corrected chi connectivity index (χ3v) is 6.58. The molecule has 8 nitrogen and oxygen atoms in total. The van der Waals surface area contributed by atoms with E-state index in [0.29, 0.717) is 26.9 Å². The van der Waals surface area contributed by atoms with E-state index < -0.39 is 0 Å². The molecule has 0 aliphatic heterocycles. The molecule has 0 bridgehead atoms. The standard InChI is InChI=1S/C21H19ClN6O2S2/c1-3-28-18(13-4-8-15(22)9-5-13)24-27-21(28)31-12-17(29)23-20-26-25-19(32-20)14-6-10-16(30-2)11-7-14/h4-11H,3,12H2,1-2H3,(H,23,26,29). The van der Waals surface area contributed by atoms with Gasteiger partial charge in [-0.15, -0.1) is 20.4 Å². The second kappa shape index (κ2) is 10.1. The molecule has 2 aromatic heterocycles. The number of nitrogens with one attached hydrogen (secondary N) is 1. The van der Waals surface area contributed by atoms with Gasteiger partial charge in [-0.1, -0.05) is 34.7 Å². The van der Waals surface area contributed by atoms with Crippen LogP contribution >= 0.6 is 34.7 Å². The molecule has 11 heteroatoms. The van der Waals surface area contributed by atoms with Crippen LogP contribution in [0.5, 0.6) is 5.75 Å². The number of hydrogen-bond acceptors (Lipinski definition) is 8. The van der Waals surface area contributed by atoms with E-state index in [1.807, 2.05) is 60.0 Å². The summed E-state index contributed by atoms with van der Waals surface area (Å²) in [6.07, 6.45) is 0. The number of nitrogens with zero attached hydrogens (tertiary/aromatic N) is 5. The molecule has 0 atom stereocenters. The maximum Gasteiger partial charge on any atom is 0.236 e. The summed E-state index contributed by atoms with van der Waals surface area (Å²) in [6.45, 7) is 2.69.